The monoisotopic (exact) mass is 381 g/mol. The second kappa shape index (κ2) is 8.91. The molecular weight excluding hydrogens is 354 g/mol. The number of rotatable bonds is 6. The molecule has 0 fully saturated rings. The summed E-state index contributed by atoms with van der Waals surface area (Å²) in [6.45, 7) is 4.17. The third kappa shape index (κ3) is 3.75. The Balaban J connectivity index is 2.15. The molecule has 0 unspecified atom stereocenters. The lowest BCUT2D eigenvalue weighted by molar-refractivity contribution is 0.0870. The van der Waals surface area contributed by atoms with Crippen molar-refractivity contribution in [3.63, 3.8) is 0 Å². The van der Waals surface area contributed by atoms with Crippen molar-refractivity contribution in [3.8, 4) is 5.75 Å². The number of nitrogens with zero attached hydrogens (tertiary/aromatic N) is 1. The van der Waals surface area contributed by atoms with Crippen molar-refractivity contribution in [1.29, 1.82) is 0 Å². The molecule has 28 heavy (non-hydrogen) atoms. The van der Waals surface area contributed by atoms with Crippen LogP contribution in [0.25, 0.3) is 0 Å². The van der Waals surface area contributed by atoms with Gasteiger partial charge in [0, 0.05) is 11.5 Å². The molecule has 0 aromatic heterocycles. The summed E-state index contributed by atoms with van der Waals surface area (Å²) in [6.07, 6.45) is 2.20. The summed E-state index contributed by atoms with van der Waals surface area (Å²) < 4.78 is 10.6. The number of methoxy groups -OCH3 is 1. The van der Waals surface area contributed by atoms with Crippen LogP contribution in [0.2, 0.25) is 0 Å². The van der Waals surface area contributed by atoms with E-state index in [0.717, 1.165) is 30.6 Å². The second-order valence-corrected chi connectivity index (χ2v) is 6.92. The number of benzene rings is 2. The first kappa shape index (κ1) is 19.9. The molecule has 0 aliphatic carbocycles. The zero-order chi connectivity index (χ0) is 20.1. The van der Waals surface area contributed by atoms with E-state index in [9.17, 15) is 9.59 Å². The van der Waals surface area contributed by atoms with Crippen LogP contribution in [0.5, 0.6) is 5.75 Å². The van der Waals surface area contributed by atoms with E-state index in [1.165, 1.54) is 0 Å². The molecule has 0 saturated heterocycles. The van der Waals surface area contributed by atoms with Crippen LogP contribution in [-0.2, 0) is 4.74 Å². The van der Waals surface area contributed by atoms with E-state index in [4.69, 9.17) is 9.47 Å². The minimum atomic E-state index is -0.426. The third-order valence-corrected chi connectivity index (χ3v) is 5.22. The smallest absolute Gasteiger partial charge is 0.414 e. The molecule has 0 radical (unpaired) electrons. The van der Waals surface area contributed by atoms with Gasteiger partial charge in [-0.05, 0) is 43.2 Å². The van der Waals surface area contributed by atoms with Crippen molar-refractivity contribution in [1.82, 2.24) is 0 Å². The fraction of sp³-hybridized carbons (Fsp3) is 0.391. The predicted molar refractivity (Wildman–Crippen MR) is 109 cm³/mol. The number of hydrogen-bond donors (Lipinski definition) is 0. The molecule has 1 aliphatic rings. The van der Waals surface area contributed by atoms with Crippen molar-refractivity contribution in [2.45, 2.75) is 39.2 Å². The van der Waals surface area contributed by atoms with E-state index >= 15 is 0 Å². The van der Waals surface area contributed by atoms with Gasteiger partial charge in [0.15, 0.2) is 5.78 Å². The first-order chi connectivity index (χ1) is 13.6. The lowest BCUT2D eigenvalue weighted by Gasteiger charge is -2.41. The number of anilines is 1. The predicted octanol–water partition coefficient (Wildman–Crippen LogP) is 5.40. The van der Waals surface area contributed by atoms with Crippen LogP contribution in [0.3, 0.4) is 0 Å². The molecule has 3 rings (SSSR count). The Morgan fingerprint density at radius 3 is 2.43 bits per heavy atom. The van der Waals surface area contributed by atoms with Gasteiger partial charge in [-0.15, -0.1) is 0 Å². The molecule has 2 aromatic rings. The largest absolute Gasteiger partial charge is 0.497 e. The van der Waals surface area contributed by atoms with Gasteiger partial charge in [-0.25, -0.2) is 4.79 Å². The van der Waals surface area contributed by atoms with Gasteiger partial charge in [0.05, 0.1) is 25.4 Å². The van der Waals surface area contributed by atoms with E-state index in [2.05, 4.69) is 6.92 Å². The van der Waals surface area contributed by atoms with Gasteiger partial charge in [0.25, 0.3) is 0 Å². The highest BCUT2D eigenvalue weighted by Crippen LogP contribution is 2.44. The number of Topliss-reactive ketones (excluding diaryl/α,β-unsaturated/α-hetero) is 1. The Bertz CT molecular complexity index is 831. The zero-order valence-electron chi connectivity index (χ0n) is 16.7. The second-order valence-electron chi connectivity index (χ2n) is 6.92. The summed E-state index contributed by atoms with van der Waals surface area (Å²) in [5.41, 5.74) is 2.10. The van der Waals surface area contributed by atoms with Crippen molar-refractivity contribution >= 4 is 17.6 Å². The van der Waals surface area contributed by atoms with Gasteiger partial charge >= 0.3 is 6.09 Å². The van der Waals surface area contributed by atoms with Crippen LogP contribution in [0, 0.1) is 5.92 Å². The number of hydrogen-bond acceptors (Lipinski definition) is 4. The molecule has 5 heteroatoms. The number of ketones is 1. The third-order valence-electron chi connectivity index (χ3n) is 5.22. The summed E-state index contributed by atoms with van der Waals surface area (Å²) in [5.74, 6) is 0.511. The molecule has 0 N–H and O–H groups in total. The Morgan fingerprint density at radius 2 is 1.79 bits per heavy atom. The molecule has 148 valence electrons. The van der Waals surface area contributed by atoms with Crippen LogP contribution in [-0.4, -0.2) is 25.6 Å². The average Bonchev–Trinajstić information content (AvgIpc) is 2.73. The lowest BCUT2D eigenvalue weighted by atomic mass is 9.78. The van der Waals surface area contributed by atoms with E-state index in [1.54, 1.807) is 25.0 Å². The summed E-state index contributed by atoms with van der Waals surface area (Å²) in [5, 5.41) is 0. The topological polar surface area (TPSA) is 55.8 Å². The fourth-order valence-corrected chi connectivity index (χ4v) is 3.87. The number of para-hydroxylation sites is 1. The summed E-state index contributed by atoms with van der Waals surface area (Å²) in [7, 11) is 1.62. The zero-order valence-corrected chi connectivity index (χ0v) is 16.7. The summed E-state index contributed by atoms with van der Waals surface area (Å²) in [6, 6.07) is 14.5. The van der Waals surface area contributed by atoms with Gasteiger partial charge < -0.3 is 9.47 Å². The van der Waals surface area contributed by atoms with Crippen LogP contribution >= 0.6 is 0 Å². The Kier molecular flexibility index (Phi) is 6.34. The number of amides is 1. The maximum atomic E-state index is 13.4. The fourth-order valence-electron chi connectivity index (χ4n) is 3.87. The minimum Gasteiger partial charge on any atom is -0.497 e. The number of unbranched alkanes of at least 4 members (excludes halogenated alkanes) is 1. The average molecular weight is 381 g/mol. The standard InChI is InChI=1S/C23H27NO4/c1-4-6-9-19-21(16-12-14-17(27-3)15-13-16)24(23(26)28-5-2)20-11-8-7-10-18(20)22(19)25/h7-8,10-15,19,21H,4-6,9H2,1-3H3/t19-,21-/m0/s1. The van der Waals surface area contributed by atoms with Crippen LogP contribution in [0.4, 0.5) is 10.5 Å². The first-order valence-corrected chi connectivity index (χ1v) is 9.85. The first-order valence-electron chi connectivity index (χ1n) is 9.85. The molecule has 1 amide bonds. The van der Waals surface area contributed by atoms with E-state index in [0.29, 0.717) is 11.3 Å². The highest BCUT2D eigenvalue weighted by molar-refractivity contribution is 6.09. The molecule has 1 heterocycles. The lowest BCUT2D eigenvalue weighted by Crippen LogP contribution is -2.46. The number of carbonyl (C=O) groups is 2. The molecule has 0 saturated carbocycles. The summed E-state index contributed by atoms with van der Waals surface area (Å²) in [4.78, 5) is 28.0. The number of fused-ring (bicyclic) bond motifs is 1. The van der Waals surface area contributed by atoms with Crippen LogP contribution in [0.1, 0.15) is 55.1 Å². The van der Waals surface area contributed by atoms with E-state index in [-0.39, 0.29) is 18.3 Å². The van der Waals surface area contributed by atoms with Gasteiger partial charge in [0.2, 0.25) is 0 Å². The molecule has 0 spiro atoms. The van der Waals surface area contributed by atoms with Gasteiger partial charge in [-0.2, -0.15) is 0 Å². The van der Waals surface area contributed by atoms with Crippen LogP contribution in [0.15, 0.2) is 48.5 Å². The van der Waals surface area contributed by atoms with Gasteiger partial charge in [-0.3, -0.25) is 9.69 Å². The van der Waals surface area contributed by atoms with E-state index < -0.39 is 12.1 Å². The highest BCUT2D eigenvalue weighted by Gasteiger charge is 2.43. The molecule has 2 atom stereocenters. The quantitative estimate of drug-likeness (QED) is 0.672. The van der Waals surface area contributed by atoms with Crippen molar-refractivity contribution in [2.75, 3.05) is 18.6 Å². The van der Waals surface area contributed by atoms with Crippen molar-refractivity contribution in [2.24, 2.45) is 5.92 Å². The summed E-state index contributed by atoms with van der Waals surface area (Å²) >= 11 is 0. The maximum absolute atomic E-state index is 13.4. The van der Waals surface area contributed by atoms with Crippen molar-refractivity contribution in [3.05, 3.63) is 59.7 Å². The number of carbonyl (C=O) groups excluding carboxylic acids is 2. The molecule has 1 aliphatic heterocycles. The minimum absolute atomic E-state index is 0.0883. The molecule has 5 nitrogen and oxygen atoms in total. The van der Waals surface area contributed by atoms with Gasteiger partial charge in [-0.1, -0.05) is 44.0 Å². The van der Waals surface area contributed by atoms with E-state index in [1.807, 2.05) is 42.5 Å². The Morgan fingerprint density at radius 1 is 1.07 bits per heavy atom. The molecule has 2 aromatic carbocycles. The number of ether oxygens (including phenoxy) is 2. The maximum Gasteiger partial charge on any atom is 0.414 e. The molecular formula is C23H27NO4. The van der Waals surface area contributed by atoms with Crippen molar-refractivity contribution < 1.29 is 19.1 Å². The highest BCUT2D eigenvalue weighted by atomic mass is 16.6. The van der Waals surface area contributed by atoms with Crippen LogP contribution < -0.4 is 9.64 Å². The Labute approximate surface area is 166 Å². The molecule has 0 bridgehead atoms. The normalized spacial score (nSPS) is 18.5. The SMILES string of the molecule is CCCC[C@@H]1C(=O)c2ccccc2N(C(=O)OCC)[C@H]1c1ccc(OC)cc1. The Hall–Kier alpha value is -2.82. The van der Waals surface area contributed by atoms with Gasteiger partial charge in [0.1, 0.15) is 5.75 Å².